The Bertz CT molecular complexity index is 1150. The highest BCUT2D eigenvalue weighted by Gasteiger charge is 2.54. The van der Waals surface area contributed by atoms with Crippen molar-refractivity contribution in [2.45, 2.75) is 36.5 Å². The Kier molecular flexibility index (Phi) is 4.97. The van der Waals surface area contributed by atoms with Crippen LogP contribution in [0.15, 0.2) is 54.6 Å². The number of carbonyl (C=O) groups excluding carboxylic acids is 3. The van der Waals surface area contributed by atoms with Gasteiger partial charge in [0.2, 0.25) is 17.7 Å². The van der Waals surface area contributed by atoms with Crippen LogP contribution in [0.4, 0.5) is 0 Å². The van der Waals surface area contributed by atoms with Gasteiger partial charge in [-0.1, -0.05) is 66.2 Å². The number of rotatable bonds is 3. The van der Waals surface area contributed by atoms with Gasteiger partial charge in [0, 0.05) is 43.4 Å². The second-order valence-corrected chi connectivity index (χ2v) is 9.54. The van der Waals surface area contributed by atoms with Gasteiger partial charge in [0.1, 0.15) is 0 Å². The van der Waals surface area contributed by atoms with Crippen molar-refractivity contribution in [3.63, 3.8) is 0 Å². The predicted molar refractivity (Wildman–Crippen MR) is 123 cm³/mol. The molecule has 0 unspecified atom stereocenters. The fraction of sp³-hybridized carbons (Fsp3) is 0.346. The molecule has 2 heterocycles. The van der Waals surface area contributed by atoms with Gasteiger partial charge in [-0.2, -0.15) is 0 Å². The third-order valence-corrected chi connectivity index (χ3v) is 7.80. The van der Waals surface area contributed by atoms with Crippen molar-refractivity contribution in [1.82, 2.24) is 9.80 Å². The van der Waals surface area contributed by atoms with Gasteiger partial charge in [-0.3, -0.25) is 19.3 Å². The Balaban J connectivity index is 1.38. The first-order valence-electron chi connectivity index (χ1n) is 11.0. The highest BCUT2D eigenvalue weighted by Crippen LogP contribution is 2.45. The summed E-state index contributed by atoms with van der Waals surface area (Å²) in [6, 6.07) is 15.5. The lowest BCUT2D eigenvalue weighted by Crippen LogP contribution is -2.47. The van der Waals surface area contributed by atoms with Crippen LogP contribution >= 0.6 is 11.6 Å². The number of nitrogens with zero attached hydrogens (tertiary/aromatic N) is 2. The molecule has 2 fully saturated rings. The van der Waals surface area contributed by atoms with Crippen LogP contribution < -0.4 is 0 Å². The van der Waals surface area contributed by atoms with Crippen LogP contribution in [0.5, 0.6) is 0 Å². The highest BCUT2D eigenvalue weighted by molar-refractivity contribution is 6.32. The number of piperidine rings is 1. The highest BCUT2D eigenvalue weighted by atomic mass is 35.5. The number of allylic oxidation sites excluding steroid dienone is 1. The molecule has 0 bridgehead atoms. The van der Waals surface area contributed by atoms with E-state index in [-0.39, 0.29) is 36.0 Å². The second-order valence-electron chi connectivity index (χ2n) is 9.13. The number of likely N-dealkylation sites (N-methyl/N-ethyl adjacent to an activating group) is 1. The van der Waals surface area contributed by atoms with E-state index >= 15 is 0 Å². The van der Waals surface area contributed by atoms with E-state index in [0.29, 0.717) is 23.7 Å². The minimum atomic E-state index is -1.24. The quantitative estimate of drug-likeness (QED) is 0.668. The van der Waals surface area contributed by atoms with E-state index in [1.54, 1.807) is 24.3 Å². The zero-order valence-corrected chi connectivity index (χ0v) is 18.8. The molecule has 2 aromatic rings. The van der Waals surface area contributed by atoms with Gasteiger partial charge in [0.15, 0.2) is 0 Å². The molecule has 2 saturated heterocycles. The monoisotopic (exact) mass is 448 g/mol. The summed E-state index contributed by atoms with van der Waals surface area (Å²) >= 11 is 6.44. The van der Waals surface area contributed by atoms with Crippen LogP contribution in [0.1, 0.15) is 42.4 Å². The molecular formula is C26H25ClN2O3. The molecule has 1 spiro atoms. The SMILES string of the molecule is CN1C(=O)C[C@@](CC(=O)N2CCC3(C=Cc4ccccc43)CC2)(c2ccccc2Cl)C1=O. The van der Waals surface area contributed by atoms with Crippen LogP contribution in [-0.4, -0.2) is 47.7 Å². The fourth-order valence-corrected chi connectivity index (χ4v) is 5.89. The maximum absolute atomic E-state index is 13.4. The molecule has 6 heteroatoms. The van der Waals surface area contributed by atoms with Crippen molar-refractivity contribution in [3.05, 3.63) is 76.3 Å². The van der Waals surface area contributed by atoms with E-state index in [1.165, 1.54) is 18.2 Å². The first-order chi connectivity index (χ1) is 15.4. The molecule has 2 aliphatic heterocycles. The minimum Gasteiger partial charge on any atom is -0.343 e. The summed E-state index contributed by atoms with van der Waals surface area (Å²) < 4.78 is 0. The average Bonchev–Trinajstić information content (AvgIpc) is 3.26. The van der Waals surface area contributed by atoms with Crippen molar-refractivity contribution < 1.29 is 14.4 Å². The molecule has 164 valence electrons. The molecule has 0 radical (unpaired) electrons. The summed E-state index contributed by atoms with van der Waals surface area (Å²) in [4.78, 5) is 42.1. The number of likely N-dealkylation sites (tertiary alicyclic amines) is 2. The minimum absolute atomic E-state index is 0.0207. The van der Waals surface area contributed by atoms with E-state index in [2.05, 4.69) is 30.4 Å². The first kappa shape index (κ1) is 21.0. The Labute approximate surface area is 192 Å². The molecule has 0 aromatic heterocycles. The van der Waals surface area contributed by atoms with Crippen molar-refractivity contribution in [1.29, 1.82) is 0 Å². The lowest BCUT2D eigenvalue weighted by molar-refractivity contribution is -0.142. The topological polar surface area (TPSA) is 57.7 Å². The maximum Gasteiger partial charge on any atom is 0.240 e. The average molecular weight is 449 g/mol. The molecule has 0 saturated carbocycles. The summed E-state index contributed by atoms with van der Waals surface area (Å²) in [5, 5.41) is 0.405. The number of hydrogen-bond donors (Lipinski definition) is 0. The Morgan fingerprint density at radius 1 is 1.00 bits per heavy atom. The van der Waals surface area contributed by atoms with Gasteiger partial charge < -0.3 is 4.90 Å². The second kappa shape index (κ2) is 7.59. The van der Waals surface area contributed by atoms with Gasteiger partial charge in [0.05, 0.1) is 5.41 Å². The number of amides is 3. The molecule has 5 nitrogen and oxygen atoms in total. The van der Waals surface area contributed by atoms with Crippen LogP contribution in [0, 0.1) is 0 Å². The summed E-state index contributed by atoms with van der Waals surface area (Å²) in [7, 11) is 1.47. The molecule has 3 amide bonds. The van der Waals surface area contributed by atoms with Gasteiger partial charge in [-0.15, -0.1) is 0 Å². The van der Waals surface area contributed by atoms with E-state index in [0.717, 1.165) is 17.7 Å². The van der Waals surface area contributed by atoms with E-state index in [1.807, 2.05) is 11.0 Å². The Morgan fingerprint density at radius 3 is 2.31 bits per heavy atom. The molecule has 1 atom stereocenters. The van der Waals surface area contributed by atoms with Gasteiger partial charge in [0.25, 0.3) is 0 Å². The smallest absolute Gasteiger partial charge is 0.240 e. The molecule has 5 rings (SSSR count). The number of hydrogen-bond acceptors (Lipinski definition) is 3. The molecular weight excluding hydrogens is 424 g/mol. The molecule has 0 N–H and O–H groups in total. The van der Waals surface area contributed by atoms with Crippen molar-refractivity contribution in [2.24, 2.45) is 0 Å². The van der Waals surface area contributed by atoms with E-state index in [9.17, 15) is 14.4 Å². The lowest BCUT2D eigenvalue weighted by atomic mass is 9.73. The van der Waals surface area contributed by atoms with Gasteiger partial charge in [-0.05, 0) is 35.6 Å². The number of benzene rings is 2. The molecule has 32 heavy (non-hydrogen) atoms. The molecule has 2 aromatic carbocycles. The van der Waals surface area contributed by atoms with Crippen LogP contribution in [0.25, 0.3) is 6.08 Å². The van der Waals surface area contributed by atoms with Gasteiger partial charge in [-0.25, -0.2) is 0 Å². The van der Waals surface area contributed by atoms with Crippen molar-refractivity contribution in [2.75, 3.05) is 20.1 Å². The standard InChI is InChI=1S/C26H25ClN2O3/c1-28-22(30)16-26(24(28)32,20-8-4-5-9-21(20)27)17-23(31)29-14-12-25(13-15-29)11-10-18-6-2-3-7-19(18)25/h2-11H,12-17H2,1H3/t26-/m1/s1. The Morgan fingerprint density at radius 2 is 1.66 bits per heavy atom. The van der Waals surface area contributed by atoms with Gasteiger partial charge >= 0.3 is 0 Å². The predicted octanol–water partition coefficient (Wildman–Crippen LogP) is 3.94. The summed E-state index contributed by atoms with van der Waals surface area (Å²) in [5.74, 6) is -0.746. The largest absolute Gasteiger partial charge is 0.343 e. The summed E-state index contributed by atoms with van der Waals surface area (Å²) in [6.07, 6.45) is 6.06. The molecule has 1 aliphatic carbocycles. The third-order valence-electron chi connectivity index (χ3n) is 7.47. The van der Waals surface area contributed by atoms with Crippen molar-refractivity contribution in [3.8, 4) is 0 Å². The normalized spacial score (nSPS) is 23.8. The van der Waals surface area contributed by atoms with Crippen LogP contribution in [0.2, 0.25) is 5.02 Å². The molecule has 3 aliphatic rings. The zero-order valence-electron chi connectivity index (χ0n) is 18.0. The van der Waals surface area contributed by atoms with E-state index in [4.69, 9.17) is 11.6 Å². The third kappa shape index (κ3) is 3.10. The zero-order chi connectivity index (χ0) is 22.5. The van der Waals surface area contributed by atoms with Crippen molar-refractivity contribution >= 4 is 35.4 Å². The lowest BCUT2D eigenvalue weighted by Gasteiger charge is -2.40. The van der Waals surface area contributed by atoms with E-state index < -0.39 is 5.41 Å². The summed E-state index contributed by atoms with van der Waals surface area (Å²) in [6.45, 7) is 1.24. The summed E-state index contributed by atoms with van der Waals surface area (Å²) in [5.41, 5.74) is 1.88. The van der Waals surface area contributed by atoms with Crippen LogP contribution in [-0.2, 0) is 25.2 Å². The number of fused-ring (bicyclic) bond motifs is 2. The Hall–Kier alpha value is -2.92. The fourth-order valence-electron chi connectivity index (χ4n) is 5.58. The van der Waals surface area contributed by atoms with Crippen LogP contribution in [0.3, 0.4) is 0 Å². The maximum atomic E-state index is 13.4. The number of halogens is 1. The number of imide groups is 1. The first-order valence-corrected chi connectivity index (χ1v) is 11.4. The number of carbonyl (C=O) groups is 3.